The molecule has 0 radical (unpaired) electrons. The Morgan fingerprint density at radius 3 is 2.30 bits per heavy atom. The molecule has 23 heavy (non-hydrogen) atoms. The summed E-state index contributed by atoms with van der Waals surface area (Å²) >= 11 is 0. The normalized spacial score (nSPS) is 9.83. The van der Waals surface area contributed by atoms with E-state index in [1.165, 1.54) is 10.8 Å². The summed E-state index contributed by atoms with van der Waals surface area (Å²) in [5, 5.41) is 29.2. The van der Waals surface area contributed by atoms with Crippen LogP contribution in [0.1, 0.15) is 5.56 Å². The molecule has 0 amide bonds. The summed E-state index contributed by atoms with van der Waals surface area (Å²) in [5.41, 5.74) is 1.14. The van der Waals surface area contributed by atoms with Crippen LogP contribution in [0.3, 0.4) is 0 Å². The van der Waals surface area contributed by atoms with E-state index in [0.29, 0.717) is 13.1 Å². The zero-order valence-electron chi connectivity index (χ0n) is 12.7. The van der Waals surface area contributed by atoms with E-state index < -0.39 is 11.9 Å². The van der Waals surface area contributed by atoms with Crippen molar-refractivity contribution in [3.63, 3.8) is 0 Å². The SMILES string of the molecule is COc1ccc2ccccc2c1CNCCO.O=C(O)C(=O)O. The van der Waals surface area contributed by atoms with Gasteiger partial charge in [0.15, 0.2) is 0 Å². The lowest BCUT2D eigenvalue weighted by Crippen LogP contribution is -2.18. The second kappa shape index (κ2) is 9.39. The van der Waals surface area contributed by atoms with Gasteiger partial charge in [-0.25, -0.2) is 9.59 Å². The van der Waals surface area contributed by atoms with E-state index in [9.17, 15) is 0 Å². The fraction of sp³-hybridized carbons (Fsp3) is 0.250. The van der Waals surface area contributed by atoms with Crippen LogP contribution < -0.4 is 10.1 Å². The number of benzene rings is 2. The van der Waals surface area contributed by atoms with Crippen LogP contribution in [0.4, 0.5) is 0 Å². The van der Waals surface area contributed by atoms with Crippen molar-refractivity contribution in [1.82, 2.24) is 5.32 Å². The van der Waals surface area contributed by atoms with Gasteiger partial charge in [0.2, 0.25) is 0 Å². The lowest BCUT2D eigenvalue weighted by atomic mass is 10.0. The largest absolute Gasteiger partial charge is 0.496 e. The van der Waals surface area contributed by atoms with Gasteiger partial charge in [0.1, 0.15) is 5.75 Å². The molecular formula is C16H19NO6. The quantitative estimate of drug-likeness (QED) is 0.481. The van der Waals surface area contributed by atoms with Crippen LogP contribution in [-0.2, 0) is 16.1 Å². The number of aliphatic hydroxyl groups is 1. The molecule has 4 N–H and O–H groups in total. The summed E-state index contributed by atoms with van der Waals surface area (Å²) in [5.74, 6) is -2.76. The number of carboxylic acids is 2. The molecule has 0 saturated carbocycles. The van der Waals surface area contributed by atoms with E-state index in [2.05, 4.69) is 23.5 Å². The third-order valence-electron chi connectivity index (χ3n) is 2.99. The number of carbonyl (C=O) groups is 2. The summed E-state index contributed by atoms with van der Waals surface area (Å²) < 4.78 is 5.38. The zero-order chi connectivity index (χ0) is 17.2. The first kappa shape index (κ1) is 18.4. The fourth-order valence-electron chi connectivity index (χ4n) is 1.98. The van der Waals surface area contributed by atoms with Gasteiger partial charge in [-0.1, -0.05) is 30.3 Å². The van der Waals surface area contributed by atoms with Gasteiger partial charge in [-0.3, -0.25) is 0 Å². The molecule has 0 aliphatic carbocycles. The number of aliphatic carboxylic acids is 2. The van der Waals surface area contributed by atoms with Gasteiger partial charge in [-0.15, -0.1) is 0 Å². The van der Waals surface area contributed by atoms with Crippen LogP contribution in [-0.4, -0.2) is 47.5 Å². The van der Waals surface area contributed by atoms with Gasteiger partial charge in [0.05, 0.1) is 13.7 Å². The summed E-state index contributed by atoms with van der Waals surface area (Å²) in [6, 6.07) is 12.3. The molecule has 0 unspecified atom stereocenters. The van der Waals surface area contributed by atoms with Crippen LogP contribution in [0.25, 0.3) is 10.8 Å². The average Bonchev–Trinajstić information content (AvgIpc) is 2.55. The first-order valence-electron chi connectivity index (χ1n) is 6.83. The molecule has 0 aliphatic heterocycles. The third kappa shape index (κ3) is 5.57. The van der Waals surface area contributed by atoms with Crippen LogP contribution in [0.2, 0.25) is 0 Å². The van der Waals surface area contributed by atoms with Crippen molar-refractivity contribution in [1.29, 1.82) is 0 Å². The highest BCUT2D eigenvalue weighted by Gasteiger charge is 2.07. The van der Waals surface area contributed by atoms with Gasteiger partial charge < -0.3 is 25.4 Å². The standard InChI is InChI=1S/C14H17NO2.C2H2O4/c1-17-14-7-6-11-4-2-3-5-12(11)13(14)10-15-8-9-16;3-1(4)2(5)6/h2-7,15-16H,8-10H2,1H3;(H,3,4)(H,5,6). The van der Waals surface area contributed by atoms with Crippen LogP contribution in [0, 0.1) is 0 Å². The summed E-state index contributed by atoms with van der Waals surface area (Å²) in [7, 11) is 1.68. The van der Waals surface area contributed by atoms with E-state index in [1.807, 2.05) is 18.2 Å². The molecule has 0 atom stereocenters. The molecule has 0 aromatic heterocycles. The Balaban J connectivity index is 0.000000379. The van der Waals surface area contributed by atoms with E-state index in [4.69, 9.17) is 29.6 Å². The number of ether oxygens (including phenoxy) is 1. The minimum absolute atomic E-state index is 0.146. The van der Waals surface area contributed by atoms with Crippen molar-refractivity contribution >= 4 is 22.7 Å². The molecular weight excluding hydrogens is 302 g/mol. The Kier molecular flexibility index (Phi) is 7.52. The average molecular weight is 321 g/mol. The van der Waals surface area contributed by atoms with Crippen LogP contribution in [0.15, 0.2) is 36.4 Å². The minimum atomic E-state index is -1.82. The molecule has 0 spiro atoms. The van der Waals surface area contributed by atoms with Gasteiger partial charge in [0.25, 0.3) is 0 Å². The fourth-order valence-corrected chi connectivity index (χ4v) is 1.98. The molecule has 7 heteroatoms. The van der Waals surface area contributed by atoms with Gasteiger partial charge in [-0.05, 0) is 16.8 Å². The van der Waals surface area contributed by atoms with Crippen LogP contribution >= 0.6 is 0 Å². The first-order valence-corrected chi connectivity index (χ1v) is 6.83. The smallest absolute Gasteiger partial charge is 0.414 e. The van der Waals surface area contributed by atoms with Crippen molar-refractivity contribution in [2.75, 3.05) is 20.3 Å². The number of hydrogen-bond acceptors (Lipinski definition) is 5. The summed E-state index contributed by atoms with van der Waals surface area (Å²) in [6.07, 6.45) is 0. The number of rotatable bonds is 5. The van der Waals surface area contributed by atoms with Gasteiger partial charge >= 0.3 is 11.9 Å². The second-order valence-electron chi connectivity index (χ2n) is 4.48. The summed E-state index contributed by atoms with van der Waals surface area (Å²) in [6.45, 7) is 1.44. The molecule has 2 aromatic rings. The Bertz CT molecular complexity index is 659. The van der Waals surface area contributed by atoms with Crippen molar-refractivity contribution in [3.05, 3.63) is 42.0 Å². The number of nitrogens with one attached hydrogen (secondary N) is 1. The number of methoxy groups -OCH3 is 1. The zero-order valence-corrected chi connectivity index (χ0v) is 12.7. The second-order valence-corrected chi connectivity index (χ2v) is 4.48. The Morgan fingerprint density at radius 2 is 1.74 bits per heavy atom. The lowest BCUT2D eigenvalue weighted by Gasteiger charge is -2.12. The Labute approximate surface area is 133 Å². The van der Waals surface area contributed by atoms with Crippen molar-refractivity contribution in [3.8, 4) is 5.75 Å². The monoisotopic (exact) mass is 321 g/mol. The molecule has 0 aliphatic rings. The number of aliphatic hydroxyl groups excluding tert-OH is 1. The predicted molar refractivity (Wildman–Crippen MR) is 84.6 cm³/mol. The van der Waals surface area contributed by atoms with E-state index in [0.717, 1.165) is 11.3 Å². The number of carboxylic acid groups (broad SMARTS) is 2. The van der Waals surface area contributed by atoms with Crippen molar-refractivity contribution in [2.24, 2.45) is 0 Å². The molecule has 7 nitrogen and oxygen atoms in total. The van der Waals surface area contributed by atoms with E-state index >= 15 is 0 Å². The topological polar surface area (TPSA) is 116 Å². The van der Waals surface area contributed by atoms with E-state index in [-0.39, 0.29) is 6.61 Å². The van der Waals surface area contributed by atoms with Gasteiger partial charge in [0, 0.05) is 18.7 Å². The van der Waals surface area contributed by atoms with Crippen LogP contribution in [0.5, 0.6) is 5.75 Å². The molecule has 2 rings (SSSR count). The van der Waals surface area contributed by atoms with Crippen molar-refractivity contribution in [2.45, 2.75) is 6.54 Å². The number of fused-ring (bicyclic) bond motifs is 1. The molecule has 0 heterocycles. The van der Waals surface area contributed by atoms with E-state index in [1.54, 1.807) is 7.11 Å². The van der Waals surface area contributed by atoms with Crippen molar-refractivity contribution < 1.29 is 29.6 Å². The molecule has 2 aromatic carbocycles. The maximum absolute atomic E-state index is 9.10. The molecule has 0 saturated heterocycles. The first-order chi connectivity index (χ1) is 11.0. The summed E-state index contributed by atoms with van der Waals surface area (Å²) in [4.78, 5) is 18.2. The maximum atomic E-state index is 9.10. The minimum Gasteiger partial charge on any atom is -0.496 e. The Hall–Kier alpha value is -2.64. The highest BCUT2D eigenvalue weighted by molar-refractivity contribution is 6.27. The highest BCUT2D eigenvalue weighted by atomic mass is 16.5. The maximum Gasteiger partial charge on any atom is 0.414 e. The Morgan fingerprint density at radius 1 is 1.09 bits per heavy atom. The third-order valence-corrected chi connectivity index (χ3v) is 2.99. The number of hydrogen-bond donors (Lipinski definition) is 4. The predicted octanol–water partition coefficient (Wildman–Crippen LogP) is 1.09. The molecule has 124 valence electrons. The highest BCUT2D eigenvalue weighted by Crippen LogP contribution is 2.27. The molecule has 0 fully saturated rings. The lowest BCUT2D eigenvalue weighted by molar-refractivity contribution is -0.159. The molecule has 0 bridgehead atoms. The van der Waals surface area contributed by atoms with Gasteiger partial charge in [-0.2, -0.15) is 0 Å².